The number of nitrogens with one attached hydrogen (secondary N) is 2. The van der Waals surface area contributed by atoms with Crippen molar-refractivity contribution in [2.45, 2.75) is 77.4 Å². The van der Waals surface area contributed by atoms with Crippen LogP contribution < -0.4 is 10.6 Å². The lowest BCUT2D eigenvalue weighted by Gasteiger charge is -2.34. The molecular weight excluding hydrogens is 278 g/mol. The molecule has 2 amide bonds. The Morgan fingerprint density at radius 3 is 2.95 bits per heavy atom. The van der Waals surface area contributed by atoms with Crippen LogP contribution in [-0.4, -0.2) is 26.8 Å². The van der Waals surface area contributed by atoms with Crippen molar-refractivity contribution in [1.82, 2.24) is 25.4 Å². The Morgan fingerprint density at radius 2 is 2.23 bits per heavy atom. The van der Waals surface area contributed by atoms with Crippen LogP contribution in [0.1, 0.15) is 63.5 Å². The van der Waals surface area contributed by atoms with Crippen LogP contribution in [0.4, 0.5) is 4.79 Å². The molecular formula is C16H27N5O. The van der Waals surface area contributed by atoms with Crippen LogP contribution in [0.5, 0.6) is 0 Å². The Bertz CT molecular complexity index is 509. The number of hydrogen-bond acceptors (Lipinski definition) is 3. The molecule has 22 heavy (non-hydrogen) atoms. The van der Waals surface area contributed by atoms with Crippen molar-refractivity contribution in [3.63, 3.8) is 0 Å². The quantitative estimate of drug-likeness (QED) is 0.812. The van der Waals surface area contributed by atoms with Crippen molar-refractivity contribution in [1.29, 1.82) is 0 Å². The molecule has 2 heterocycles. The Hall–Kier alpha value is -1.59. The van der Waals surface area contributed by atoms with Gasteiger partial charge in [-0.15, -0.1) is 10.2 Å². The number of carbonyl (C=O) groups excluding carboxylic acids is 1. The fourth-order valence-electron chi connectivity index (χ4n) is 3.41. The van der Waals surface area contributed by atoms with Crippen molar-refractivity contribution >= 4 is 6.03 Å². The lowest BCUT2D eigenvalue weighted by molar-refractivity contribution is 0.200. The normalized spacial score (nSPS) is 18.6. The van der Waals surface area contributed by atoms with E-state index in [1.54, 1.807) is 0 Å². The molecule has 0 spiro atoms. The van der Waals surface area contributed by atoms with Crippen LogP contribution in [0.3, 0.4) is 0 Å². The van der Waals surface area contributed by atoms with E-state index >= 15 is 0 Å². The van der Waals surface area contributed by atoms with Gasteiger partial charge in [0.2, 0.25) is 0 Å². The minimum atomic E-state index is -0.0663. The molecule has 122 valence electrons. The number of amides is 2. The standard InChI is InChI=1S/C16H27N5O/c1-2-3-8-13(12-6-4-7-12)18-16(22)17-11-15-20-19-14-9-5-10-21(14)15/h12-13H,2-11H2,1H3,(H2,17,18,22). The molecule has 0 radical (unpaired) electrons. The number of aryl methyl sites for hydroxylation is 1. The van der Waals surface area contributed by atoms with Gasteiger partial charge in [0.05, 0.1) is 6.54 Å². The molecule has 0 saturated heterocycles. The first-order chi connectivity index (χ1) is 10.8. The zero-order valence-corrected chi connectivity index (χ0v) is 13.5. The van der Waals surface area contributed by atoms with Crippen LogP contribution in [-0.2, 0) is 19.5 Å². The van der Waals surface area contributed by atoms with Gasteiger partial charge in [0, 0.05) is 19.0 Å². The third kappa shape index (κ3) is 3.42. The van der Waals surface area contributed by atoms with E-state index in [0.717, 1.165) is 37.5 Å². The van der Waals surface area contributed by atoms with E-state index in [0.29, 0.717) is 18.5 Å². The molecule has 1 fully saturated rings. The van der Waals surface area contributed by atoms with Gasteiger partial charge >= 0.3 is 6.03 Å². The molecule has 3 rings (SSSR count). The first-order valence-electron chi connectivity index (χ1n) is 8.73. The smallest absolute Gasteiger partial charge is 0.315 e. The van der Waals surface area contributed by atoms with E-state index in [-0.39, 0.29) is 6.03 Å². The Labute approximate surface area is 132 Å². The number of aromatic nitrogens is 3. The van der Waals surface area contributed by atoms with Gasteiger partial charge in [-0.3, -0.25) is 0 Å². The molecule has 2 N–H and O–H groups in total. The van der Waals surface area contributed by atoms with Gasteiger partial charge in [-0.05, 0) is 31.6 Å². The highest BCUT2D eigenvalue weighted by Gasteiger charge is 2.28. The number of unbranched alkanes of at least 4 members (excludes halogenated alkanes) is 1. The van der Waals surface area contributed by atoms with Crippen molar-refractivity contribution in [3.05, 3.63) is 11.6 Å². The van der Waals surface area contributed by atoms with E-state index in [1.807, 2.05) is 0 Å². The maximum atomic E-state index is 12.2. The van der Waals surface area contributed by atoms with Gasteiger partial charge in [0.1, 0.15) is 5.82 Å². The summed E-state index contributed by atoms with van der Waals surface area (Å²) in [6.07, 6.45) is 9.40. The van der Waals surface area contributed by atoms with Crippen LogP contribution in [0.25, 0.3) is 0 Å². The van der Waals surface area contributed by atoms with Crippen LogP contribution in [0.15, 0.2) is 0 Å². The second kappa shape index (κ2) is 7.11. The summed E-state index contributed by atoms with van der Waals surface area (Å²) in [6, 6.07) is 0.265. The summed E-state index contributed by atoms with van der Waals surface area (Å²) >= 11 is 0. The number of nitrogens with zero attached hydrogens (tertiary/aromatic N) is 3. The zero-order chi connectivity index (χ0) is 15.4. The summed E-state index contributed by atoms with van der Waals surface area (Å²) in [5.41, 5.74) is 0. The van der Waals surface area contributed by atoms with Crippen molar-refractivity contribution in [2.24, 2.45) is 5.92 Å². The SMILES string of the molecule is CCCCC(NC(=O)NCc1nnc2n1CCC2)C1CCC1. The maximum Gasteiger partial charge on any atom is 0.315 e. The second-order valence-electron chi connectivity index (χ2n) is 6.55. The number of fused-ring (bicyclic) bond motifs is 1. The predicted octanol–water partition coefficient (Wildman–Crippen LogP) is 2.38. The van der Waals surface area contributed by atoms with Crippen molar-refractivity contribution in [2.75, 3.05) is 0 Å². The highest BCUT2D eigenvalue weighted by Crippen LogP contribution is 2.31. The van der Waals surface area contributed by atoms with Gasteiger partial charge in [-0.2, -0.15) is 0 Å². The molecule has 2 aliphatic rings. The Kier molecular flexibility index (Phi) is 4.95. The molecule has 0 bridgehead atoms. The largest absolute Gasteiger partial charge is 0.335 e. The number of rotatable bonds is 7. The van der Waals surface area contributed by atoms with Crippen LogP contribution >= 0.6 is 0 Å². The van der Waals surface area contributed by atoms with E-state index in [9.17, 15) is 4.79 Å². The van der Waals surface area contributed by atoms with E-state index in [2.05, 4.69) is 32.3 Å². The molecule has 1 atom stereocenters. The van der Waals surface area contributed by atoms with E-state index in [4.69, 9.17) is 0 Å². The Morgan fingerprint density at radius 1 is 1.36 bits per heavy atom. The average molecular weight is 305 g/mol. The number of carbonyl (C=O) groups is 1. The fourth-order valence-corrected chi connectivity index (χ4v) is 3.41. The summed E-state index contributed by atoms with van der Waals surface area (Å²) in [5.74, 6) is 2.60. The molecule has 1 saturated carbocycles. The lowest BCUT2D eigenvalue weighted by Crippen LogP contribution is -2.47. The Balaban J connectivity index is 1.48. The van der Waals surface area contributed by atoms with E-state index in [1.165, 1.54) is 32.1 Å². The van der Waals surface area contributed by atoms with Gasteiger partial charge in [0.15, 0.2) is 5.82 Å². The average Bonchev–Trinajstić information content (AvgIpc) is 3.04. The third-order valence-electron chi connectivity index (χ3n) is 5.00. The van der Waals surface area contributed by atoms with Crippen molar-refractivity contribution in [3.8, 4) is 0 Å². The van der Waals surface area contributed by atoms with Crippen LogP contribution in [0, 0.1) is 5.92 Å². The van der Waals surface area contributed by atoms with Crippen LogP contribution in [0.2, 0.25) is 0 Å². The molecule has 1 aromatic rings. The molecule has 1 unspecified atom stereocenters. The fraction of sp³-hybridized carbons (Fsp3) is 0.812. The summed E-state index contributed by atoms with van der Waals surface area (Å²) < 4.78 is 2.13. The monoisotopic (exact) mass is 305 g/mol. The summed E-state index contributed by atoms with van der Waals surface area (Å²) in [5, 5.41) is 14.5. The minimum Gasteiger partial charge on any atom is -0.335 e. The maximum absolute atomic E-state index is 12.2. The van der Waals surface area contributed by atoms with Gasteiger partial charge < -0.3 is 15.2 Å². The molecule has 1 aliphatic heterocycles. The molecule has 6 heteroatoms. The molecule has 1 aromatic heterocycles. The first kappa shape index (κ1) is 15.3. The van der Waals surface area contributed by atoms with Gasteiger partial charge in [-0.1, -0.05) is 26.2 Å². The predicted molar refractivity (Wildman–Crippen MR) is 84.4 cm³/mol. The first-order valence-corrected chi connectivity index (χ1v) is 8.73. The summed E-state index contributed by atoms with van der Waals surface area (Å²) in [7, 11) is 0. The van der Waals surface area contributed by atoms with Gasteiger partial charge in [0.25, 0.3) is 0 Å². The molecule has 0 aromatic carbocycles. The van der Waals surface area contributed by atoms with Crippen molar-refractivity contribution < 1.29 is 4.79 Å². The minimum absolute atomic E-state index is 0.0663. The zero-order valence-electron chi connectivity index (χ0n) is 13.5. The third-order valence-corrected chi connectivity index (χ3v) is 5.00. The summed E-state index contributed by atoms with van der Waals surface area (Å²) in [4.78, 5) is 12.2. The van der Waals surface area contributed by atoms with E-state index < -0.39 is 0 Å². The number of urea groups is 1. The highest BCUT2D eigenvalue weighted by molar-refractivity contribution is 5.74. The molecule has 1 aliphatic carbocycles. The second-order valence-corrected chi connectivity index (χ2v) is 6.55. The molecule has 6 nitrogen and oxygen atoms in total. The highest BCUT2D eigenvalue weighted by atomic mass is 16.2. The lowest BCUT2D eigenvalue weighted by atomic mass is 9.78. The number of hydrogen-bond donors (Lipinski definition) is 2. The summed E-state index contributed by atoms with van der Waals surface area (Å²) in [6.45, 7) is 3.63. The van der Waals surface area contributed by atoms with Gasteiger partial charge in [-0.25, -0.2) is 4.79 Å². The topological polar surface area (TPSA) is 71.8 Å².